The molecule has 1 amide bonds. The molecule has 0 aliphatic heterocycles. The maximum absolute atomic E-state index is 12.6. The summed E-state index contributed by atoms with van der Waals surface area (Å²) in [4.78, 5) is 24.9. The molecule has 0 spiro atoms. The van der Waals surface area contributed by atoms with E-state index in [4.69, 9.17) is 9.47 Å². The Labute approximate surface area is 175 Å². The largest absolute Gasteiger partial charge is 0.497 e. The minimum atomic E-state index is -0.730. The zero-order valence-electron chi connectivity index (χ0n) is 17.3. The first-order valence-electron chi connectivity index (χ1n) is 9.66. The fourth-order valence-electron chi connectivity index (χ4n) is 3.00. The van der Waals surface area contributed by atoms with E-state index in [2.05, 4.69) is 10.4 Å². The molecule has 1 atom stereocenters. The fourth-order valence-corrected chi connectivity index (χ4v) is 3.00. The van der Waals surface area contributed by atoms with E-state index in [1.54, 1.807) is 27.2 Å². The van der Waals surface area contributed by atoms with E-state index in [1.165, 1.54) is 10.7 Å². The van der Waals surface area contributed by atoms with Gasteiger partial charge in [-0.1, -0.05) is 12.1 Å². The van der Waals surface area contributed by atoms with E-state index in [0.29, 0.717) is 18.7 Å². The van der Waals surface area contributed by atoms with Crippen LogP contribution < -0.4 is 20.3 Å². The van der Waals surface area contributed by atoms with Crippen molar-refractivity contribution in [1.82, 2.24) is 15.1 Å². The number of methoxy groups -OCH3 is 2. The highest BCUT2D eigenvalue weighted by molar-refractivity contribution is 5.79. The molecule has 0 aliphatic rings. The quantitative estimate of drug-likeness (QED) is 0.621. The van der Waals surface area contributed by atoms with Gasteiger partial charge < -0.3 is 14.8 Å². The molecule has 1 unspecified atom stereocenters. The smallest absolute Gasteiger partial charge is 0.267 e. The van der Waals surface area contributed by atoms with Gasteiger partial charge in [0.15, 0.2) is 0 Å². The van der Waals surface area contributed by atoms with Gasteiger partial charge in [0.2, 0.25) is 5.91 Å². The lowest BCUT2D eigenvalue weighted by molar-refractivity contribution is -0.124. The van der Waals surface area contributed by atoms with E-state index in [1.807, 2.05) is 48.5 Å². The molecule has 1 heterocycles. The maximum Gasteiger partial charge on any atom is 0.267 e. The number of nitrogens with zero attached hydrogens (tertiary/aromatic N) is 2. The van der Waals surface area contributed by atoms with E-state index in [-0.39, 0.29) is 11.5 Å². The molecule has 0 saturated carbocycles. The number of carbonyl (C=O) groups excluding carboxylic acids is 1. The molecule has 3 aromatic rings. The highest BCUT2D eigenvalue weighted by atomic mass is 16.5. The summed E-state index contributed by atoms with van der Waals surface area (Å²) in [5, 5.41) is 7.27. The molecule has 0 radical (unpaired) electrons. The Balaban J connectivity index is 1.66. The van der Waals surface area contributed by atoms with Crippen molar-refractivity contribution in [3.63, 3.8) is 0 Å². The number of nitrogens with one attached hydrogen (secondary N) is 1. The Morgan fingerprint density at radius 2 is 1.57 bits per heavy atom. The summed E-state index contributed by atoms with van der Waals surface area (Å²) in [5.74, 6) is 1.26. The first-order chi connectivity index (χ1) is 14.5. The molecule has 7 heteroatoms. The van der Waals surface area contributed by atoms with Crippen LogP contribution in [-0.2, 0) is 11.2 Å². The molecule has 1 aromatic heterocycles. The van der Waals surface area contributed by atoms with Gasteiger partial charge in [-0.3, -0.25) is 9.59 Å². The number of rotatable bonds is 8. The van der Waals surface area contributed by atoms with Crippen molar-refractivity contribution in [3.8, 4) is 22.8 Å². The minimum Gasteiger partial charge on any atom is -0.497 e. The van der Waals surface area contributed by atoms with Gasteiger partial charge in [-0.2, -0.15) is 5.10 Å². The maximum atomic E-state index is 12.6. The Morgan fingerprint density at radius 3 is 2.17 bits per heavy atom. The molecule has 0 saturated heterocycles. The average molecular weight is 407 g/mol. The first-order valence-corrected chi connectivity index (χ1v) is 9.66. The number of carbonyl (C=O) groups is 1. The third-order valence-electron chi connectivity index (χ3n) is 4.83. The Hall–Kier alpha value is -3.61. The van der Waals surface area contributed by atoms with Crippen LogP contribution in [0, 0.1) is 0 Å². The number of hydrogen-bond donors (Lipinski definition) is 1. The molecule has 0 bridgehead atoms. The molecule has 0 fully saturated rings. The number of benzene rings is 2. The summed E-state index contributed by atoms with van der Waals surface area (Å²) in [6.07, 6.45) is 0.677. The zero-order valence-corrected chi connectivity index (χ0v) is 17.3. The SMILES string of the molecule is COc1ccc(CCNC(=O)C(C)n2nc(-c3ccc(OC)cc3)ccc2=O)cc1. The number of hydrogen-bond acceptors (Lipinski definition) is 5. The third-order valence-corrected chi connectivity index (χ3v) is 4.83. The third kappa shape index (κ3) is 5.05. The van der Waals surface area contributed by atoms with Gasteiger partial charge in [-0.15, -0.1) is 0 Å². The van der Waals surface area contributed by atoms with Gasteiger partial charge in [0.25, 0.3) is 5.56 Å². The summed E-state index contributed by atoms with van der Waals surface area (Å²) in [5.41, 5.74) is 2.19. The monoisotopic (exact) mass is 407 g/mol. The van der Waals surface area contributed by atoms with Gasteiger partial charge >= 0.3 is 0 Å². The van der Waals surface area contributed by atoms with Crippen LogP contribution >= 0.6 is 0 Å². The first kappa shape index (κ1) is 21.1. The molecular formula is C23H25N3O4. The summed E-state index contributed by atoms with van der Waals surface area (Å²) >= 11 is 0. The second kappa shape index (κ2) is 9.73. The molecule has 0 aliphatic carbocycles. The fraction of sp³-hybridized carbons (Fsp3) is 0.261. The van der Waals surface area contributed by atoms with Gasteiger partial charge in [0, 0.05) is 18.2 Å². The highest BCUT2D eigenvalue weighted by Gasteiger charge is 2.17. The van der Waals surface area contributed by atoms with E-state index in [9.17, 15) is 9.59 Å². The second-order valence-electron chi connectivity index (χ2n) is 6.79. The van der Waals surface area contributed by atoms with Crippen LogP contribution in [0.2, 0.25) is 0 Å². The van der Waals surface area contributed by atoms with Crippen molar-refractivity contribution >= 4 is 5.91 Å². The molecule has 2 aromatic carbocycles. The van der Waals surface area contributed by atoms with Crippen molar-refractivity contribution in [2.45, 2.75) is 19.4 Å². The average Bonchev–Trinajstić information content (AvgIpc) is 2.79. The van der Waals surface area contributed by atoms with Crippen LogP contribution in [0.4, 0.5) is 0 Å². The zero-order chi connectivity index (χ0) is 21.5. The summed E-state index contributed by atoms with van der Waals surface area (Å²) in [6.45, 7) is 2.12. The van der Waals surface area contributed by atoms with Crippen molar-refractivity contribution in [1.29, 1.82) is 0 Å². The van der Waals surface area contributed by atoms with Crippen molar-refractivity contribution in [3.05, 3.63) is 76.6 Å². The van der Waals surface area contributed by atoms with Crippen LogP contribution in [0.5, 0.6) is 11.5 Å². The molecular weight excluding hydrogens is 382 g/mol. The van der Waals surface area contributed by atoms with Crippen molar-refractivity contribution in [2.24, 2.45) is 0 Å². The molecule has 3 rings (SSSR count). The van der Waals surface area contributed by atoms with E-state index in [0.717, 1.165) is 22.6 Å². The number of ether oxygens (including phenoxy) is 2. The molecule has 7 nitrogen and oxygen atoms in total. The summed E-state index contributed by atoms with van der Waals surface area (Å²) < 4.78 is 11.5. The predicted octanol–water partition coefficient (Wildman–Crippen LogP) is 2.85. The molecule has 1 N–H and O–H groups in total. The van der Waals surface area contributed by atoms with E-state index >= 15 is 0 Å². The van der Waals surface area contributed by atoms with Gasteiger partial charge in [0.05, 0.1) is 19.9 Å². The van der Waals surface area contributed by atoms with Crippen molar-refractivity contribution in [2.75, 3.05) is 20.8 Å². The Bertz CT molecular complexity index is 1040. The van der Waals surface area contributed by atoms with Gasteiger partial charge in [0.1, 0.15) is 17.5 Å². The highest BCUT2D eigenvalue weighted by Crippen LogP contribution is 2.20. The lowest BCUT2D eigenvalue weighted by atomic mass is 10.1. The normalized spacial score (nSPS) is 11.6. The minimum absolute atomic E-state index is 0.259. The topological polar surface area (TPSA) is 82.4 Å². The van der Waals surface area contributed by atoms with Crippen LogP contribution in [0.25, 0.3) is 11.3 Å². The number of aromatic nitrogens is 2. The molecule has 156 valence electrons. The van der Waals surface area contributed by atoms with Gasteiger partial charge in [-0.25, -0.2) is 4.68 Å². The van der Waals surface area contributed by atoms with Crippen molar-refractivity contribution < 1.29 is 14.3 Å². The lowest BCUT2D eigenvalue weighted by Gasteiger charge is -2.15. The van der Waals surface area contributed by atoms with Crippen LogP contribution in [-0.4, -0.2) is 36.5 Å². The van der Waals surface area contributed by atoms with E-state index < -0.39 is 6.04 Å². The van der Waals surface area contributed by atoms with Crippen LogP contribution in [0.1, 0.15) is 18.5 Å². The van der Waals surface area contributed by atoms with Crippen LogP contribution in [0.3, 0.4) is 0 Å². The van der Waals surface area contributed by atoms with Crippen LogP contribution in [0.15, 0.2) is 65.5 Å². The van der Waals surface area contributed by atoms with Gasteiger partial charge in [-0.05, 0) is 61.4 Å². The Kier molecular flexibility index (Phi) is 6.85. The summed E-state index contributed by atoms with van der Waals surface area (Å²) in [6, 6.07) is 17.4. The Morgan fingerprint density at radius 1 is 0.967 bits per heavy atom. The standard InChI is InChI=1S/C23H25N3O4/c1-16(23(28)24-15-14-17-4-8-19(29-2)9-5-17)26-22(27)13-12-21(25-26)18-6-10-20(30-3)11-7-18/h4-13,16H,14-15H2,1-3H3,(H,24,28). The lowest BCUT2D eigenvalue weighted by Crippen LogP contribution is -2.37. The molecule has 30 heavy (non-hydrogen) atoms. The second-order valence-corrected chi connectivity index (χ2v) is 6.79. The summed E-state index contributed by atoms with van der Waals surface area (Å²) in [7, 11) is 3.22. The number of amides is 1. The predicted molar refractivity (Wildman–Crippen MR) is 115 cm³/mol.